The summed E-state index contributed by atoms with van der Waals surface area (Å²) in [7, 11) is 0. The summed E-state index contributed by atoms with van der Waals surface area (Å²) >= 11 is 13.5. The van der Waals surface area contributed by atoms with Gasteiger partial charge in [0.05, 0.1) is 32.0 Å². The Morgan fingerprint density at radius 1 is 1.09 bits per heavy atom. The van der Waals surface area contributed by atoms with Crippen LogP contribution in [0, 0.1) is 43.6 Å². The Balaban J connectivity index is 2.29. The number of nitrogens with two attached hydrogens (primary N) is 1. The molecule has 0 spiro atoms. The molecule has 0 unspecified atom stereocenters. The monoisotopic (exact) mass is 747 g/mol. The van der Waals surface area contributed by atoms with Gasteiger partial charge >= 0.3 is 5.97 Å². The maximum Gasteiger partial charge on any atom is 0.327 e. The minimum Gasteiger partial charge on any atom is -0.480 e. The van der Waals surface area contributed by atoms with E-state index in [4.69, 9.17) is 28.9 Å². The molecule has 1 aliphatic heterocycles. The standard InChI is InChI=1S/C30H24Cl2F4IN3O3/c1-29(2,3)11-20-30(12-38,16-8-7-13(31)9-18(16)33)21(14-5-4-6-17(32)22(14)35)26(28(42)43)40(20)25-15(27(39)41)10-19(34)24(37)23(25)36/h4-10,20-21,26H,11H2,1-3H3,(H2,39,41)(H,42,43)/t20-,21-,26+,30-/m0/s1. The Bertz CT molecular complexity index is 1690. The average Bonchev–Trinajstić information content (AvgIpc) is 3.17. The number of aliphatic carboxylic acids is 1. The number of amides is 1. The first-order valence-corrected chi connectivity index (χ1v) is 14.6. The largest absolute Gasteiger partial charge is 0.480 e. The Hall–Kier alpha value is -3.08. The number of hydrogen-bond acceptors (Lipinski definition) is 4. The molecular formula is C30H24Cl2F4IN3O3. The van der Waals surface area contributed by atoms with Crippen molar-refractivity contribution in [2.24, 2.45) is 11.1 Å². The lowest BCUT2D eigenvalue weighted by molar-refractivity contribution is -0.138. The fourth-order valence-corrected chi connectivity index (χ4v) is 6.76. The van der Waals surface area contributed by atoms with Crippen LogP contribution in [0.15, 0.2) is 42.5 Å². The van der Waals surface area contributed by atoms with E-state index in [1.807, 2.05) is 0 Å². The van der Waals surface area contributed by atoms with Gasteiger partial charge in [0, 0.05) is 16.5 Å². The molecule has 13 heteroatoms. The minimum atomic E-state index is -2.27. The van der Waals surface area contributed by atoms with Crippen molar-refractivity contribution in [1.29, 1.82) is 5.26 Å². The second-order valence-electron chi connectivity index (χ2n) is 11.4. The second kappa shape index (κ2) is 11.8. The van der Waals surface area contributed by atoms with Gasteiger partial charge in [-0.1, -0.05) is 62.2 Å². The molecule has 3 N–H and O–H groups in total. The van der Waals surface area contributed by atoms with E-state index < -0.39 is 83.8 Å². The van der Waals surface area contributed by atoms with Crippen molar-refractivity contribution < 1.29 is 32.3 Å². The zero-order chi connectivity index (χ0) is 32.2. The second-order valence-corrected chi connectivity index (χ2v) is 13.4. The molecule has 3 aromatic rings. The van der Waals surface area contributed by atoms with Crippen molar-refractivity contribution in [3.8, 4) is 6.07 Å². The molecule has 0 radical (unpaired) electrons. The lowest BCUT2D eigenvalue weighted by Gasteiger charge is -2.40. The van der Waals surface area contributed by atoms with Gasteiger partial charge in [-0.2, -0.15) is 5.26 Å². The molecule has 0 saturated carbocycles. The molecule has 43 heavy (non-hydrogen) atoms. The van der Waals surface area contributed by atoms with Gasteiger partial charge in [0.2, 0.25) is 0 Å². The zero-order valence-corrected chi connectivity index (χ0v) is 26.5. The quantitative estimate of drug-likeness (QED) is 0.154. The summed E-state index contributed by atoms with van der Waals surface area (Å²) in [5.74, 6) is -9.24. The maximum atomic E-state index is 16.2. The normalized spacial score (nSPS) is 22.0. The Morgan fingerprint density at radius 3 is 2.28 bits per heavy atom. The summed E-state index contributed by atoms with van der Waals surface area (Å²) in [5.41, 5.74) is 0.389. The third kappa shape index (κ3) is 5.53. The number of primary amides is 1. The van der Waals surface area contributed by atoms with E-state index in [0.717, 1.165) is 11.0 Å². The van der Waals surface area contributed by atoms with Crippen LogP contribution < -0.4 is 10.6 Å². The number of nitriles is 1. The van der Waals surface area contributed by atoms with Crippen LogP contribution >= 0.6 is 45.8 Å². The Morgan fingerprint density at radius 2 is 1.74 bits per heavy atom. The number of carbonyl (C=O) groups excluding carboxylic acids is 1. The molecule has 0 aromatic heterocycles. The van der Waals surface area contributed by atoms with E-state index >= 15 is 13.2 Å². The zero-order valence-electron chi connectivity index (χ0n) is 22.9. The van der Waals surface area contributed by atoms with Crippen LogP contribution in [-0.4, -0.2) is 29.1 Å². The van der Waals surface area contributed by atoms with Gasteiger partial charge in [-0.3, -0.25) is 4.79 Å². The van der Waals surface area contributed by atoms with Crippen LogP contribution in [-0.2, 0) is 10.2 Å². The topological polar surface area (TPSA) is 107 Å². The van der Waals surface area contributed by atoms with Crippen LogP contribution in [0.3, 0.4) is 0 Å². The van der Waals surface area contributed by atoms with Crippen molar-refractivity contribution in [2.75, 3.05) is 4.90 Å². The SMILES string of the molecule is CC(C)(C)C[C@@H]1N(c2c(C(N)=O)cc(F)c(I)c2F)[C@@H](C(=O)O)[C@H](c2cccc(Cl)c2F)[C@@]1(C#N)c1ccc(Cl)cc1F. The molecule has 1 saturated heterocycles. The predicted molar refractivity (Wildman–Crippen MR) is 162 cm³/mol. The van der Waals surface area contributed by atoms with Crippen LogP contribution in [0.4, 0.5) is 23.2 Å². The van der Waals surface area contributed by atoms with Crippen molar-refractivity contribution in [3.63, 3.8) is 0 Å². The fourth-order valence-electron chi connectivity index (χ4n) is 6.00. The van der Waals surface area contributed by atoms with E-state index in [1.54, 1.807) is 20.8 Å². The highest BCUT2D eigenvalue weighted by Crippen LogP contribution is 2.58. The minimum absolute atomic E-state index is 0.0352. The first kappa shape index (κ1) is 32.8. The number of carboxylic acid groups (broad SMARTS) is 1. The molecule has 3 aromatic carbocycles. The lowest BCUT2D eigenvalue weighted by Crippen LogP contribution is -2.48. The average molecular weight is 748 g/mol. The molecule has 226 valence electrons. The van der Waals surface area contributed by atoms with Gasteiger partial charge in [0.25, 0.3) is 5.91 Å². The van der Waals surface area contributed by atoms with Gasteiger partial charge in [-0.15, -0.1) is 0 Å². The van der Waals surface area contributed by atoms with Crippen LogP contribution in [0.5, 0.6) is 0 Å². The van der Waals surface area contributed by atoms with Gasteiger partial charge in [0.15, 0.2) is 5.82 Å². The first-order valence-electron chi connectivity index (χ1n) is 12.8. The number of hydrogen-bond donors (Lipinski definition) is 2. The van der Waals surface area contributed by atoms with Crippen LogP contribution in [0.2, 0.25) is 10.0 Å². The summed E-state index contributed by atoms with van der Waals surface area (Å²) in [6, 6.07) is 6.43. The maximum absolute atomic E-state index is 16.2. The smallest absolute Gasteiger partial charge is 0.327 e. The molecule has 1 aliphatic rings. The van der Waals surface area contributed by atoms with Crippen LogP contribution in [0.1, 0.15) is 54.6 Å². The van der Waals surface area contributed by atoms with Crippen LogP contribution in [0.25, 0.3) is 0 Å². The van der Waals surface area contributed by atoms with Crippen molar-refractivity contribution in [1.82, 2.24) is 0 Å². The highest BCUT2D eigenvalue weighted by molar-refractivity contribution is 14.1. The highest BCUT2D eigenvalue weighted by atomic mass is 127. The molecule has 4 rings (SSSR count). The number of rotatable bonds is 6. The molecule has 0 aliphatic carbocycles. The van der Waals surface area contributed by atoms with Gasteiger partial charge in [-0.05, 0) is 64.3 Å². The molecule has 0 bridgehead atoms. The molecule has 1 fully saturated rings. The summed E-state index contributed by atoms with van der Waals surface area (Å²) in [5, 5.41) is 21.4. The molecule has 6 nitrogen and oxygen atoms in total. The molecule has 1 heterocycles. The van der Waals surface area contributed by atoms with E-state index in [-0.39, 0.29) is 22.6 Å². The third-order valence-electron chi connectivity index (χ3n) is 7.56. The summed E-state index contributed by atoms with van der Waals surface area (Å²) in [6.07, 6.45) is -0.114. The molecular weight excluding hydrogens is 724 g/mol. The van der Waals surface area contributed by atoms with Gasteiger partial charge < -0.3 is 15.7 Å². The number of anilines is 1. The van der Waals surface area contributed by atoms with E-state index in [0.29, 0.717) is 6.07 Å². The number of nitrogens with zero attached hydrogens (tertiary/aromatic N) is 2. The van der Waals surface area contributed by atoms with Gasteiger partial charge in [-0.25, -0.2) is 22.4 Å². The molecule has 4 atom stereocenters. The number of carbonyl (C=O) groups is 2. The lowest BCUT2D eigenvalue weighted by atomic mass is 9.62. The summed E-state index contributed by atoms with van der Waals surface area (Å²) in [6.45, 7) is 5.23. The number of halogens is 7. The Labute approximate surface area is 268 Å². The highest BCUT2D eigenvalue weighted by Gasteiger charge is 2.66. The fraction of sp³-hybridized carbons (Fsp3) is 0.300. The summed E-state index contributed by atoms with van der Waals surface area (Å²) in [4.78, 5) is 26.8. The molecule has 1 amide bonds. The predicted octanol–water partition coefficient (Wildman–Crippen LogP) is 7.58. The van der Waals surface area contributed by atoms with E-state index in [1.165, 1.54) is 52.9 Å². The van der Waals surface area contributed by atoms with E-state index in [9.17, 15) is 24.3 Å². The number of benzene rings is 3. The van der Waals surface area contributed by atoms with E-state index in [2.05, 4.69) is 6.07 Å². The summed E-state index contributed by atoms with van der Waals surface area (Å²) < 4.78 is 62.2. The van der Waals surface area contributed by atoms with Crippen molar-refractivity contribution in [2.45, 2.75) is 50.6 Å². The van der Waals surface area contributed by atoms with Gasteiger partial charge in [0.1, 0.15) is 28.9 Å². The van der Waals surface area contributed by atoms with Crippen molar-refractivity contribution in [3.05, 3.63) is 96.0 Å². The Kier molecular flexibility index (Phi) is 8.99. The first-order chi connectivity index (χ1) is 20.0. The number of carboxylic acids is 1. The third-order valence-corrected chi connectivity index (χ3v) is 9.08. The van der Waals surface area contributed by atoms with Crippen molar-refractivity contribution >= 4 is 63.4 Å².